The minimum atomic E-state index is 0.787. The number of aryl methyl sites for hydroxylation is 1. The van der Waals surface area contributed by atoms with Crippen molar-refractivity contribution >= 4 is 27.7 Å². The van der Waals surface area contributed by atoms with Crippen LogP contribution in [0.2, 0.25) is 0 Å². The summed E-state index contributed by atoms with van der Waals surface area (Å²) >= 11 is 5.30. The molecular weight excluding hydrogens is 284 g/mol. The topological polar surface area (TPSA) is 28.7 Å². The van der Waals surface area contributed by atoms with Crippen molar-refractivity contribution in [3.8, 4) is 11.3 Å². The van der Waals surface area contributed by atoms with Gasteiger partial charge in [0.15, 0.2) is 4.73 Å². The fourth-order valence-corrected chi connectivity index (χ4v) is 3.31. The van der Waals surface area contributed by atoms with Gasteiger partial charge < -0.3 is 4.98 Å². The average molecular weight is 295 g/mol. The predicted molar refractivity (Wildman–Crippen MR) is 70.8 cm³/mol. The van der Waals surface area contributed by atoms with E-state index in [1.54, 1.807) is 0 Å². The Bertz CT molecular complexity index is 521. The molecule has 2 nitrogen and oxygen atoms in total. The second kappa shape index (κ2) is 4.26. The van der Waals surface area contributed by atoms with E-state index in [2.05, 4.69) is 44.1 Å². The van der Waals surface area contributed by atoms with Crippen LogP contribution in [0.4, 0.5) is 0 Å². The third kappa shape index (κ3) is 1.92. The van der Waals surface area contributed by atoms with Crippen LogP contribution in [0, 0.1) is 0 Å². The molecule has 2 heterocycles. The number of hydrogen-bond donors (Lipinski definition) is 1. The van der Waals surface area contributed by atoms with E-state index in [1.165, 1.54) is 34.6 Å². The van der Waals surface area contributed by atoms with Crippen molar-refractivity contribution < 1.29 is 0 Å². The molecule has 0 aliphatic carbocycles. The number of fused-ring (bicyclic) bond motifs is 1. The summed E-state index contributed by atoms with van der Waals surface area (Å²) in [5.41, 5.74) is 3.77. The van der Waals surface area contributed by atoms with E-state index < -0.39 is 0 Å². The van der Waals surface area contributed by atoms with E-state index in [9.17, 15) is 0 Å². The van der Waals surface area contributed by atoms with Crippen LogP contribution >= 0.6 is 27.7 Å². The molecule has 1 aromatic heterocycles. The molecule has 0 radical (unpaired) electrons. The monoisotopic (exact) mass is 294 g/mol. The molecular formula is C12H11BrN2S. The molecule has 0 atom stereocenters. The maximum atomic E-state index is 4.16. The van der Waals surface area contributed by atoms with Gasteiger partial charge in [-0.05, 0) is 57.8 Å². The summed E-state index contributed by atoms with van der Waals surface area (Å²) < 4.78 is 0.787. The van der Waals surface area contributed by atoms with Crippen molar-refractivity contribution in [2.45, 2.75) is 17.7 Å². The molecule has 1 N–H and O–H groups in total. The summed E-state index contributed by atoms with van der Waals surface area (Å²) in [7, 11) is 0. The Kier molecular flexibility index (Phi) is 2.77. The molecule has 0 saturated heterocycles. The molecule has 4 heteroatoms. The Hall–Kier alpha value is -0.740. The number of aromatic amines is 1. The summed E-state index contributed by atoms with van der Waals surface area (Å²) in [6.45, 7) is 0. The number of rotatable bonds is 1. The Labute approximate surface area is 107 Å². The highest BCUT2D eigenvalue weighted by molar-refractivity contribution is 9.10. The molecule has 1 aliphatic heterocycles. The quantitative estimate of drug-likeness (QED) is 0.865. The van der Waals surface area contributed by atoms with Crippen LogP contribution in [0.1, 0.15) is 12.0 Å². The minimum absolute atomic E-state index is 0.787. The SMILES string of the molecule is Brc1ncc(-c2ccc3c(c2)CCCS3)[nH]1. The van der Waals surface area contributed by atoms with Crippen LogP contribution in [-0.4, -0.2) is 15.7 Å². The van der Waals surface area contributed by atoms with E-state index in [-0.39, 0.29) is 0 Å². The molecule has 0 amide bonds. The third-order valence-corrected chi connectivity index (χ3v) is 4.37. The van der Waals surface area contributed by atoms with Crippen molar-refractivity contribution in [1.82, 2.24) is 9.97 Å². The van der Waals surface area contributed by atoms with Gasteiger partial charge in [0.1, 0.15) is 0 Å². The fraction of sp³-hybridized carbons (Fsp3) is 0.250. The second-order valence-corrected chi connectivity index (χ2v) is 5.75. The van der Waals surface area contributed by atoms with Gasteiger partial charge >= 0.3 is 0 Å². The van der Waals surface area contributed by atoms with Gasteiger partial charge in [0.2, 0.25) is 0 Å². The molecule has 16 heavy (non-hydrogen) atoms. The van der Waals surface area contributed by atoms with E-state index in [0.717, 1.165) is 10.4 Å². The predicted octanol–water partition coefficient (Wildman–Crippen LogP) is 3.88. The molecule has 0 fully saturated rings. The highest BCUT2D eigenvalue weighted by atomic mass is 79.9. The van der Waals surface area contributed by atoms with Crippen LogP contribution in [-0.2, 0) is 6.42 Å². The number of hydrogen-bond acceptors (Lipinski definition) is 2. The van der Waals surface area contributed by atoms with Gasteiger partial charge in [-0.2, -0.15) is 0 Å². The van der Waals surface area contributed by atoms with Crippen molar-refractivity contribution in [1.29, 1.82) is 0 Å². The number of benzene rings is 1. The smallest absolute Gasteiger partial charge is 0.174 e. The maximum Gasteiger partial charge on any atom is 0.174 e. The normalized spacial score (nSPS) is 14.8. The highest BCUT2D eigenvalue weighted by Gasteiger charge is 2.11. The van der Waals surface area contributed by atoms with Crippen LogP contribution in [0.25, 0.3) is 11.3 Å². The molecule has 0 saturated carbocycles. The summed E-state index contributed by atoms with van der Waals surface area (Å²) in [4.78, 5) is 8.80. The first-order valence-corrected chi connectivity index (χ1v) is 7.07. The van der Waals surface area contributed by atoms with Crippen LogP contribution in [0.3, 0.4) is 0 Å². The van der Waals surface area contributed by atoms with Gasteiger partial charge in [0, 0.05) is 4.90 Å². The Morgan fingerprint density at radius 3 is 3.12 bits per heavy atom. The summed E-state index contributed by atoms with van der Waals surface area (Å²) in [6.07, 6.45) is 4.35. The fourth-order valence-electron chi connectivity index (χ4n) is 1.97. The lowest BCUT2D eigenvalue weighted by molar-refractivity contribution is 0.890. The van der Waals surface area contributed by atoms with Crippen molar-refractivity contribution in [3.05, 3.63) is 34.7 Å². The lowest BCUT2D eigenvalue weighted by atomic mass is 10.0. The van der Waals surface area contributed by atoms with E-state index in [0.29, 0.717) is 0 Å². The lowest BCUT2D eigenvalue weighted by Gasteiger charge is -2.15. The van der Waals surface area contributed by atoms with Crippen molar-refractivity contribution in [3.63, 3.8) is 0 Å². The molecule has 1 aliphatic rings. The zero-order valence-corrected chi connectivity index (χ0v) is 11.1. The number of nitrogens with one attached hydrogen (secondary N) is 1. The average Bonchev–Trinajstić information content (AvgIpc) is 2.75. The Balaban J connectivity index is 2.02. The summed E-state index contributed by atoms with van der Waals surface area (Å²) in [5.74, 6) is 1.25. The van der Waals surface area contributed by atoms with Gasteiger partial charge in [-0.15, -0.1) is 11.8 Å². The first kappa shape index (κ1) is 10.4. The zero-order chi connectivity index (χ0) is 11.0. The van der Waals surface area contributed by atoms with Crippen LogP contribution in [0.5, 0.6) is 0 Å². The van der Waals surface area contributed by atoms with Gasteiger partial charge in [-0.1, -0.05) is 6.07 Å². The zero-order valence-electron chi connectivity index (χ0n) is 8.66. The van der Waals surface area contributed by atoms with Gasteiger partial charge in [-0.25, -0.2) is 4.98 Å². The number of halogens is 1. The summed E-state index contributed by atoms with van der Waals surface area (Å²) in [5, 5.41) is 0. The number of H-pyrrole nitrogens is 1. The van der Waals surface area contributed by atoms with Crippen molar-refractivity contribution in [2.75, 3.05) is 5.75 Å². The molecule has 82 valence electrons. The third-order valence-electron chi connectivity index (χ3n) is 2.76. The number of nitrogens with zero attached hydrogens (tertiary/aromatic N) is 1. The van der Waals surface area contributed by atoms with Gasteiger partial charge in [-0.3, -0.25) is 0 Å². The van der Waals surface area contributed by atoms with E-state index in [1.807, 2.05) is 18.0 Å². The number of imidazole rings is 1. The van der Waals surface area contributed by atoms with E-state index in [4.69, 9.17) is 0 Å². The molecule has 3 rings (SSSR count). The van der Waals surface area contributed by atoms with Crippen LogP contribution in [0.15, 0.2) is 34.0 Å². The van der Waals surface area contributed by atoms with Gasteiger partial charge in [0.05, 0.1) is 11.9 Å². The lowest BCUT2D eigenvalue weighted by Crippen LogP contribution is -1.98. The minimum Gasteiger partial charge on any atom is -0.333 e. The molecule has 0 spiro atoms. The second-order valence-electron chi connectivity index (χ2n) is 3.86. The molecule has 1 aromatic carbocycles. The number of thioether (sulfide) groups is 1. The molecule has 0 bridgehead atoms. The van der Waals surface area contributed by atoms with Gasteiger partial charge in [0.25, 0.3) is 0 Å². The standard InChI is InChI=1S/C12H11BrN2S/c13-12-14-7-10(15-12)8-3-4-11-9(6-8)2-1-5-16-11/h3-4,6-7H,1-2,5H2,(H,14,15). The van der Waals surface area contributed by atoms with E-state index >= 15 is 0 Å². The largest absolute Gasteiger partial charge is 0.333 e. The summed E-state index contributed by atoms with van der Waals surface area (Å²) in [6, 6.07) is 6.67. The Morgan fingerprint density at radius 1 is 1.38 bits per heavy atom. The number of aromatic nitrogens is 2. The first-order valence-electron chi connectivity index (χ1n) is 5.29. The highest BCUT2D eigenvalue weighted by Crippen LogP contribution is 2.32. The molecule has 0 unspecified atom stereocenters. The van der Waals surface area contributed by atoms with Crippen molar-refractivity contribution in [2.24, 2.45) is 0 Å². The molecule has 2 aromatic rings. The first-order chi connectivity index (χ1) is 7.83. The Morgan fingerprint density at radius 2 is 2.31 bits per heavy atom. The van der Waals surface area contributed by atoms with Crippen LogP contribution < -0.4 is 0 Å². The maximum absolute atomic E-state index is 4.16.